The summed E-state index contributed by atoms with van der Waals surface area (Å²) in [5.41, 5.74) is 2.41. The molecule has 0 saturated carbocycles. The molecule has 0 heterocycles. The van der Waals surface area contributed by atoms with Crippen LogP contribution in [0.2, 0.25) is 0 Å². The first-order valence-electron chi connectivity index (χ1n) is 6.60. The first kappa shape index (κ1) is 13.6. The number of hydrogen-bond donors (Lipinski definition) is 1. The molecule has 2 rings (SSSR count). The van der Waals surface area contributed by atoms with E-state index in [1.807, 2.05) is 36.4 Å². The summed E-state index contributed by atoms with van der Waals surface area (Å²) in [4.78, 5) is 0. The van der Waals surface area contributed by atoms with Crippen LogP contribution in [0, 0.1) is 5.92 Å². The quantitative estimate of drug-likeness (QED) is 0.860. The van der Waals surface area contributed by atoms with Crippen LogP contribution in [0.25, 0.3) is 0 Å². The van der Waals surface area contributed by atoms with Gasteiger partial charge in [0.2, 0.25) is 0 Å². The lowest BCUT2D eigenvalue weighted by atomic mass is 9.93. The Morgan fingerprint density at radius 2 is 1.63 bits per heavy atom. The molecule has 0 saturated heterocycles. The van der Waals surface area contributed by atoms with Crippen molar-refractivity contribution in [2.24, 2.45) is 5.92 Å². The molecule has 0 bridgehead atoms. The van der Waals surface area contributed by atoms with Gasteiger partial charge in [-0.05, 0) is 36.0 Å². The van der Waals surface area contributed by atoms with E-state index in [9.17, 15) is 5.11 Å². The summed E-state index contributed by atoms with van der Waals surface area (Å²) in [6.45, 7) is 0.187. The van der Waals surface area contributed by atoms with Crippen molar-refractivity contribution >= 4 is 0 Å². The average Bonchev–Trinajstić information content (AvgIpc) is 2.48. The minimum Gasteiger partial charge on any atom is -0.496 e. The molecule has 0 fully saturated rings. The molecule has 0 aliphatic carbocycles. The van der Waals surface area contributed by atoms with E-state index in [-0.39, 0.29) is 12.5 Å². The highest BCUT2D eigenvalue weighted by atomic mass is 16.5. The molecular formula is C17H20O2. The summed E-state index contributed by atoms with van der Waals surface area (Å²) in [5.74, 6) is 1.12. The maximum Gasteiger partial charge on any atom is 0.122 e. The van der Waals surface area contributed by atoms with Crippen LogP contribution in [-0.4, -0.2) is 18.8 Å². The van der Waals surface area contributed by atoms with Gasteiger partial charge >= 0.3 is 0 Å². The van der Waals surface area contributed by atoms with Crippen LogP contribution in [0.15, 0.2) is 54.6 Å². The predicted molar refractivity (Wildman–Crippen MR) is 77.4 cm³/mol. The molecule has 1 atom stereocenters. The summed E-state index contributed by atoms with van der Waals surface area (Å²) in [5, 5.41) is 9.57. The Balaban J connectivity index is 2.07. The number of para-hydroxylation sites is 1. The van der Waals surface area contributed by atoms with Crippen LogP contribution in [-0.2, 0) is 12.8 Å². The highest BCUT2D eigenvalue weighted by Gasteiger charge is 2.12. The van der Waals surface area contributed by atoms with Gasteiger partial charge in [0, 0.05) is 6.61 Å². The zero-order chi connectivity index (χ0) is 13.5. The summed E-state index contributed by atoms with van der Waals surface area (Å²) < 4.78 is 5.36. The Morgan fingerprint density at radius 3 is 2.32 bits per heavy atom. The Morgan fingerprint density at radius 1 is 0.947 bits per heavy atom. The molecule has 1 unspecified atom stereocenters. The van der Waals surface area contributed by atoms with Crippen molar-refractivity contribution in [1.29, 1.82) is 0 Å². The maximum absolute atomic E-state index is 9.57. The van der Waals surface area contributed by atoms with Crippen molar-refractivity contribution < 1.29 is 9.84 Å². The van der Waals surface area contributed by atoms with E-state index in [0.717, 1.165) is 24.2 Å². The molecule has 0 amide bonds. The van der Waals surface area contributed by atoms with Crippen LogP contribution >= 0.6 is 0 Å². The number of aliphatic hydroxyl groups is 1. The van der Waals surface area contributed by atoms with Gasteiger partial charge in [-0.15, -0.1) is 0 Å². The Kier molecular flexibility index (Phi) is 4.99. The zero-order valence-electron chi connectivity index (χ0n) is 11.3. The zero-order valence-corrected chi connectivity index (χ0v) is 11.3. The van der Waals surface area contributed by atoms with Gasteiger partial charge in [0.05, 0.1) is 7.11 Å². The molecule has 0 aromatic heterocycles. The normalized spacial score (nSPS) is 12.1. The molecule has 0 aliphatic rings. The van der Waals surface area contributed by atoms with Gasteiger partial charge in [0.1, 0.15) is 5.75 Å². The third-order valence-corrected chi connectivity index (χ3v) is 3.33. The Bertz CT molecular complexity index is 494. The molecule has 2 aromatic rings. The second kappa shape index (κ2) is 6.95. The lowest BCUT2D eigenvalue weighted by molar-refractivity contribution is 0.224. The van der Waals surface area contributed by atoms with Crippen molar-refractivity contribution in [2.75, 3.05) is 13.7 Å². The molecule has 0 radical (unpaired) electrons. The van der Waals surface area contributed by atoms with Crippen LogP contribution in [0.3, 0.4) is 0 Å². The Labute approximate surface area is 114 Å². The van der Waals surface area contributed by atoms with E-state index in [2.05, 4.69) is 18.2 Å². The highest BCUT2D eigenvalue weighted by molar-refractivity contribution is 5.33. The summed E-state index contributed by atoms with van der Waals surface area (Å²) in [6, 6.07) is 18.3. The first-order chi connectivity index (χ1) is 9.33. The molecular weight excluding hydrogens is 236 g/mol. The van der Waals surface area contributed by atoms with Crippen molar-refractivity contribution in [3.05, 3.63) is 65.7 Å². The molecule has 2 nitrogen and oxygen atoms in total. The third kappa shape index (κ3) is 3.83. The second-order valence-electron chi connectivity index (χ2n) is 4.75. The van der Waals surface area contributed by atoms with E-state index >= 15 is 0 Å². The SMILES string of the molecule is COc1ccccc1CC(CO)Cc1ccccc1. The van der Waals surface area contributed by atoms with Gasteiger partial charge < -0.3 is 9.84 Å². The number of rotatable bonds is 6. The van der Waals surface area contributed by atoms with E-state index in [0.29, 0.717) is 0 Å². The highest BCUT2D eigenvalue weighted by Crippen LogP contribution is 2.22. The van der Waals surface area contributed by atoms with Crippen molar-refractivity contribution in [3.8, 4) is 5.75 Å². The summed E-state index contributed by atoms with van der Waals surface area (Å²) >= 11 is 0. The molecule has 1 N–H and O–H groups in total. The van der Waals surface area contributed by atoms with E-state index < -0.39 is 0 Å². The predicted octanol–water partition coefficient (Wildman–Crippen LogP) is 3.09. The summed E-state index contributed by atoms with van der Waals surface area (Å²) in [7, 11) is 1.68. The lowest BCUT2D eigenvalue weighted by Gasteiger charge is -2.16. The topological polar surface area (TPSA) is 29.5 Å². The first-order valence-corrected chi connectivity index (χ1v) is 6.60. The lowest BCUT2D eigenvalue weighted by Crippen LogP contribution is -2.13. The van der Waals surface area contributed by atoms with E-state index in [4.69, 9.17) is 4.74 Å². The monoisotopic (exact) mass is 256 g/mol. The number of ether oxygens (including phenoxy) is 1. The molecule has 0 aliphatic heterocycles. The van der Waals surface area contributed by atoms with E-state index in [1.165, 1.54) is 5.56 Å². The van der Waals surface area contributed by atoms with Gasteiger partial charge in [0.25, 0.3) is 0 Å². The van der Waals surface area contributed by atoms with Gasteiger partial charge in [-0.2, -0.15) is 0 Å². The van der Waals surface area contributed by atoms with Gasteiger partial charge in [-0.25, -0.2) is 0 Å². The second-order valence-corrected chi connectivity index (χ2v) is 4.75. The summed E-state index contributed by atoms with van der Waals surface area (Å²) in [6.07, 6.45) is 1.71. The number of hydrogen-bond acceptors (Lipinski definition) is 2. The largest absolute Gasteiger partial charge is 0.496 e. The van der Waals surface area contributed by atoms with Crippen molar-refractivity contribution in [2.45, 2.75) is 12.8 Å². The number of aliphatic hydroxyl groups excluding tert-OH is 1. The fourth-order valence-corrected chi connectivity index (χ4v) is 2.33. The van der Waals surface area contributed by atoms with Gasteiger partial charge in [-0.3, -0.25) is 0 Å². The van der Waals surface area contributed by atoms with Crippen LogP contribution in [0.1, 0.15) is 11.1 Å². The van der Waals surface area contributed by atoms with Crippen LogP contribution < -0.4 is 4.74 Å². The van der Waals surface area contributed by atoms with Gasteiger partial charge in [-0.1, -0.05) is 48.5 Å². The minimum atomic E-state index is 0.187. The van der Waals surface area contributed by atoms with Crippen LogP contribution in [0.4, 0.5) is 0 Å². The number of methoxy groups -OCH3 is 1. The molecule has 0 spiro atoms. The molecule has 2 aromatic carbocycles. The fraction of sp³-hybridized carbons (Fsp3) is 0.294. The maximum atomic E-state index is 9.57. The third-order valence-electron chi connectivity index (χ3n) is 3.33. The van der Waals surface area contributed by atoms with Crippen LogP contribution in [0.5, 0.6) is 5.75 Å². The number of benzene rings is 2. The molecule has 2 heteroatoms. The minimum absolute atomic E-state index is 0.187. The molecule has 100 valence electrons. The van der Waals surface area contributed by atoms with Gasteiger partial charge in [0.15, 0.2) is 0 Å². The molecule has 19 heavy (non-hydrogen) atoms. The van der Waals surface area contributed by atoms with Crippen molar-refractivity contribution in [3.63, 3.8) is 0 Å². The Hall–Kier alpha value is -1.80. The fourth-order valence-electron chi connectivity index (χ4n) is 2.33. The van der Waals surface area contributed by atoms with Crippen molar-refractivity contribution in [1.82, 2.24) is 0 Å². The standard InChI is InChI=1S/C17H20O2/c1-19-17-10-6-5-9-16(17)12-15(13-18)11-14-7-3-2-4-8-14/h2-10,15,18H,11-13H2,1H3. The average molecular weight is 256 g/mol. The smallest absolute Gasteiger partial charge is 0.122 e. The van der Waals surface area contributed by atoms with E-state index in [1.54, 1.807) is 7.11 Å².